The predicted molar refractivity (Wildman–Crippen MR) is 118 cm³/mol. The lowest BCUT2D eigenvalue weighted by Crippen LogP contribution is -1.89. The van der Waals surface area contributed by atoms with E-state index < -0.39 is 0 Å². The molecule has 0 spiro atoms. The second-order valence-electron chi connectivity index (χ2n) is 7.08. The van der Waals surface area contributed by atoms with Crippen LogP contribution in [0.1, 0.15) is 0 Å². The number of rotatable bonds is 3. The number of pyridine rings is 4. The molecule has 148 valence electrons. The van der Waals surface area contributed by atoms with Gasteiger partial charge in [0.05, 0.1) is 22.3 Å². The van der Waals surface area contributed by atoms with Crippen LogP contribution < -0.4 is 5.73 Å². The highest BCUT2D eigenvalue weighted by Gasteiger charge is 2.17. The number of aromatic amines is 2. The first-order valence-electron chi connectivity index (χ1n) is 9.57. The highest BCUT2D eigenvalue weighted by molar-refractivity contribution is 5.96. The number of nitrogens with zero attached hydrogens (tertiary/aromatic N) is 6. The third kappa shape index (κ3) is 2.87. The highest BCUT2D eigenvalue weighted by atomic mass is 15.2. The number of aromatic nitrogens is 8. The molecule has 6 aromatic heterocycles. The fraction of sp³-hybridized carbons (Fsp3) is 0. The Kier molecular flexibility index (Phi) is 3.72. The van der Waals surface area contributed by atoms with Crippen LogP contribution in [0.4, 0.5) is 5.69 Å². The van der Waals surface area contributed by atoms with Gasteiger partial charge in [0.15, 0.2) is 11.5 Å². The number of nitrogen functional groups attached to an aromatic ring is 1. The van der Waals surface area contributed by atoms with Crippen LogP contribution >= 0.6 is 0 Å². The topological polar surface area (TPSA) is 135 Å². The number of imidazole rings is 1. The Balaban J connectivity index is 1.51. The van der Waals surface area contributed by atoms with Gasteiger partial charge in [-0.15, -0.1) is 0 Å². The van der Waals surface area contributed by atoms with Crippen LogP contribution in [0, 0.1) is 0 Å². The number of hydrogen-bond donors (Lipinski definition) is 3. The van der Waals surface area contributed by atoms with Crippen molar-refractivity contribution in [3.8, 4) is 33.9 Å². The summed E-state index contributed by atoms with van der Waals surface area (Å²) in [7, 11) is 0. The Morgan fingerprint density at radius 2 is 1.71 bits per heavy atom. The molecular formula is C22H15N9. The lowest BCUT2D eigenvalue weighted by molar-refractivity contribution is 1.09. The van der Waals surface area contributed by atoms with Crippen molar-refractivity contribution in [3.05, 3.63) is 67.5 Å². The number of H-pyrrole nitrogens is 2. The van der Waals surface area contributed by atoms with Crippen molar-refractivity contribution in [1.82, 2.24) is 40.1 Å². The number of anilines is 1. The van der Waals surface area contributed by atoms with E-state index in [1.807, 2.05) is 30.3 Å². The van der Waals surface area contributed by atoms with Gasteiger partial charge in [-0.25, -0.2) is 9.97 Å². The molecule has 6 rings (SSSR count). The van der Waals surface area contributed by atoms with Crippen molar-refractivity contribution in [3.63, 3.8) is 0 Å². The van der Waals surface area contributed by atoms with Crippen LogP contribution in [0.2, 0.25) is 0 Å². The first kappa shape index (κ1) is 17.2. The van der Waals surface area contributed by atoms with Crippen molar-refractivity contribution in [2.24, 2.45) is 0 Å². The van der Waals surface area contributed by atoms with Crippen molar-refractivity contribution < 1.29 is 0 Å². The van der Waals surface area contributed by atoms with Crippen molar-refractivity contribution in [1.29, 1.82) is 0 Å². The molecule has 0 amide bonds. The zero-order chi connectivity index (χ0) is 20.8. The molecule has 0 fully saturated rings. The van der Waals surface area contributed by atoms with E-state index in [2.05, 4.69) is 35.1 Å². The summed E-state index contributed by atoms with van der Waals surface area (Å²) in [4.78, 5) is 25.5. The number of hydrogen-bond acceptors (Lipinski definition) is 7. The lowest BCUT2D eigenvalue weighted by atomic mass is 10.1. The van der Waals surface area contributed by atoms with E-state index in [4.69, 9.17) is 10.7 Å². The molecule has 31 heavy (non-hydrogen) atoms. The number of fused-ring (bicyclic) bond motifs is 2. The molecule has 0 saturated heterocycles. The fourth-order valence-corrected chi connectivity index (χ4v) is 3.62. The largest absolute Gasteiger partial charge is 0.397 e. The van der Waals surface area contributed by atoms with E-state index >= 15 is 0 Å². The van der Waals surface area contributed by atoms with Gasteiger partial charge in [-0.1, -0.05) is 0 Å². The van der Waals surface area contributed by atoms with Gasteiger partial charge in [0, 0.05) is 53.9 Å². The molecule has 0 radical (unpaired) electrons. The third-order valence-electron chi connectivity index (χ3n) is 5.07. The molecule has 0 aliphatic heterocycles. The molecule has 0 unspecified atom stereocenters. The second kappa shape index (κ2) is 6.70. The zero-order valence-corrected chi connectivity index (χ0v) is 16.1. The molecule has 0 aliphatic carbocycles. The Hall–Kier alpha value is -4.66. The van der Waals surface area contributed by atoms with Crippen molar-refractivity contribution >= 4 is 27.8 Å². The summed E-state index contributed by atoms with van der Waals surface area (Å²) >= 11 is 0. The van der Waals surface area contributed by atoms with Gasteiger partial charge in [0.25, 0.3) is 0 Å². The van der Waals surface area contributed by atoms with Gasteiger partial charge in [-0.2, -0.15) is 5.10 Å². The highest BCUT2D eigenvalue weighted by Crippen LogP contribution is 2.31. The normalized spacial score (nSPS) is 11.4. The first-order valence-corrected chi connectivity index (χ1v) is 9.57. The quantitative estimate of drug-likeness (QED) is 0.409. The van der Waals surface area contributed by atoms with Gasteiger partial charge in [0.1, 0.15) is 11.2 Å². The molecule has 6 aromatic rings. The first-order chi connectivity index (χ1) is 15.3. The molecule has 9 nitrogen and oxygen atoms in total. The van der Waals surface area contributed by atoms with Crippen LogP contribution in [0.25, 0.3) is 56.0 Å². The maximum absolute atomic E-state index is 5.89. The number of nitrogens with two attached hydrogens (primary N) is 1. The summed E-state index contributed by atoms with van der Waals surface area (Å²) in [5.41, 5.74) is 12.9. The maximum Gasteiger partial charge on any atom is 0.159 e. The van der Waals surface area contributed by atoms with E-state index in [0.717, 1.165) is 38.8 Å². The van der Waals surface area contributed by atoms with E-state index in [9.17, 15) is 0 Å². The summed E-state index contributed by atoms with van der Waals surface area (Å²) in [6.45, 7) is 0. The minimum atomic E-state index is 0.595. The van der Waals surface area contributed by atoms with E-state index in [1.165, 1.54) is 0 Å². The maximum atomic E-state index is 5.89. The average Bonchev–Trinajstić information content (AvgIpc) is 3.43. The lowest BCUT2D eigenvalue weighted by Gasteiger charge is -2.02. The summed E-state index contributed by atoms with van der Waals surface area (Å²) in [5.74, 6) is 0.629. The predicted octanol–water partition coefficient (Wildman–Crippen LogP) is 3.60. The van der Waals surface area contributed by atoms with Gasteiger partial charge >= 0.3 is 0 Å². The molecule has 0 bridgehead atoms. The molecule has 0 saturated carbocycles. The summed E-state index contributed by atoms with van der Waals surface area (Å²) in [6.07, 6.45) is 10.4. The van der Waals surface area contributed by atoms with E-state index in [-0.39, 0.29) is 0 Å². The molecule has 0 atom stereocenters. The van der Waals surface area contributed by atoms with Gasteiger partial charge in [-0.3, -0.25) is 20.1 Å². The van der Waals surface area contributed by atoms with Crippen LogP contribution in [-0.2, 0) is 0 Å². The Morgan fingerprint density at radius 3 is 2.58 bits per heavy atom. The average molecular weight is 405 g/mol. The smallest absolute Gasteiger partial charge is 0.159 e. The molecule has 0 aromatic carbocycles. The molecule has 9 heteroatoms. The van der Waals surface area contributed by atoms with Crippen LogP contribution in [0.3, 0.4) is 0 Å². The van der Waals surface area contributed by atoms with Gasteiger partial charge in [-0.05, 0) is 30.3 Å². The Morgan fingerprint density at radius 1 is 0.806 bits per heavy atom. The molecule has 0 aliphatic rings. The summed E-state index contributed by atoms with van der Waals surface area (Å²) in [5, 5.41) is 8.28. The van der Waals surface area contributed by atoms with Crippen LogP contribution in [0.15, 0.2) is 67.5 Å². The SMILES string of the molecule is Nc1cncc(-c2cnc3[nH]nc(-c4nc5c(-c6cccnc6)nccc5[nH]4)c3c2)c1. The minimum Gasteiger partial charge on any atom is -0.397 e. The second-order valence-corrected chi connectivity index (χ2v) is 7.08. The summed E-state index contributed by atoms with van der Waals surface area (Å²) in [6, 6.07) is 9.60. The molecule has 6 heterocycles. The van der Waals surface area contributed by atoms with E-state index in [1.54, 1.807) is 37.2 Å². The number of nitrogens with one attached hydrogen (secondary N) is 2. The van der Waals surface area contributed by atoms with Gasteiger partial charge in [0.2, 0.25) is 0 Å². The monoisotopic (exact) mass is 405 g/mol. The standard InChI is InChI=1S/C22H15N9/c23-15-6-13(9-25-11-15)14-7-16-19(30-31-21(16)27-10-14)22-28-17-3-5-26-18(20(17)29-22)12-2-1-4-24-8-12/h1-11H,23H2,(H,28,29)(H,27,30,31). The van der Waals surface area contributed by atoms with Gasteiger partial charge < -0.3 is 10.7 Å². The Bertz CT molecular complexity index is 1550. The molecular weight excluding hydrogens is 390 g/mol. The van der Waals surface area contributed by atoms with Crippen molar-refractivity contribution in [2.75, 3.05) is 5.73 Å². The third-order valence-corrected chi connectivity index (χ3v) is 5.07. The minimum absolute atomic E-state index is 0.595. The molecule has 4 N–H and O–H groups in total. The van der Waals surface area contributed by atoms with Crippen LogP contribution in [0.5, 0.6) is 0 Å². The summed E-state index contributed by atoms with van der Waals surface area (Å²) < 4.78 is 0. The van der Waals surface area contributed by atoms with Crippen LogP contribution in [-0.4, -0.2) is 40.1 Å². The van der Waals surface area contributed by atoms with Crippen molar-refractivity contribution in [2.45, 2.75) is 0 Å². The Labute approximate surface area is 175 Å². The fourth-order valence-electron chi connectivity index (χ4n) is 3.62. The zero-order valence-electron chi connectivity index (χ0n) is 16.1. The van der Waals surface area contributed by atoms with E-state index in [0.29, 0.717) is 22.9 Å².